The fourth-order valence-electron chi connectivity index (χ4n) is 0.949. The minimum absolute atomic E-state index is 0.358. The van der Waals surface area contributed by atoms with Crippen LogP contribution in [-0.2, 0) is 0 Å². The maximum Gasteiger partial charge on any atom is 0.307 e. The average Bonchev–Trinajstić information content (AvgIpc) is 2.28. The van der Waals surface area contributed by atoms with Gasteiger partial charge in [0.05, 0.1) is 11.0 Å². The number of ether oxygens (including phenoxy) is 1. The molecule has 0 aliphatic carbocycles. The Morgan fingerprint density at radius 3 is 2.71 bits per heavy atom. The summed E-state index contributed by atoms with van der Waals surface area (Å²) >= 11 is 0. The summed E-state index contributed by atoms with van der Waals surface area (Å²) in [6.45, 7) is -0.481. The Morgan fingerprint density at radius 2 is 2.18 bits per heavy atom. The summed E-state index contributed by atoms with van der Waals surface area (Å²) in [6, 6.07) is 0.898. The molecule has 0 aliphatic rings. The molecule has 1 aromatic carbocycles. The summed E-state index contributed by atoms with van der Waals surface area (Å²) in [5.41, 5.74) is 4.04. The van der Waals surface area contributed by atoms with Crippen molar-refractivity contribution in [1.29, 1.82) is 0 Å². The lowest BCUT2D eigenvalue weighted by Gasteiger charge is -2.06. The van der Waals surface area contributed by atoms with Gasteiger partial charge in [-0.15, -0.1) is 0 Å². The second-order valence-electron chi connectivity index (χ2n) is 2.87. The quantitative estimate of drug-likeness (QED) is 0.271. The number of amidine groups is 1. The number of rotatable bonds is 4. The van der Waals surface area contributed by atoms with E-state index in [1.54, 1.807) is 0 Å². The molecule has 0 spiro atoms. The van der Waals surface area contributed by atoms with Crippen LogP contribution in [0.5, 0.6) is 5.75 Å². The highest BCUT2D eigenvalue weighted by Gasteiger charge is 2.19. The molecule has 0 amide bonds. The van der Waals surface area contributed by atoms with Crippen LogP contribution in [0.15, 0.2) is 17.3 Å². The van der Waals surface area contributed by atoms with Crippen LogP contribution < -0.4 is 10.5 Å². The monoisotopic (exact) mass is 247 g/mol. The Morgan fingerprint density at radius 1 is 1.53 bits per heavy atom. The first-order chi connectivity index (χ1) is 7.95. The van der Waals surface area contributed by atoms with Crippen LogP contribution in [0, 0.1) is 21.7 Å². The number of nitro benzene ring substituents is 1. The van der Waals surface area contributed by atoms with Gasteiger partial charge in [0.1, 0.15) is 6.61 Å². The van der Waals surface area contributed by atoms with Crippen molar-refractivity contribution in [2.45, 2.75) is 0 Å². The molecule has 0 saturated heterocycles. The van der Waals surface area contributed by atoms with Gasteiger partial charge >= 0.3 is 5.69 Å². The van der Waals surface area contributed by atoms with Gasteiger partial charge in [0, 0.05) is 6.07 Å². The van der Waals surface area contributed by atoms with E-state index in [-0.39, 0.29) is 5.84 Å². The van der Waals surface area contributed by atoms with Gasteiger partial charge in [-0.2, -0.15) is 4.39 Å². The number of halogens is 2. The van der Waals surface area contributed by atoms with E-state index < -0.39 is 34.6 Å². The Kier molecular flexibility index (Phi) is 3.75. The van der Waals surface area contributed by atoms with Crippen molar-refractivity contribution in [3.63, 3.8) is 0 Å². The molecule has 0 saturated carbocycles. The van der Waals surface area contributed by atoms with Crippen LogP contribution >= 0.6 is 0 Å². The van der Waals surface area contributed by atoms with Crippen molar-refractivity contribution in [2.75, 3.05) is 6.61 Å². The predicted octanol–water partition coefficient (Wildman–Crippen LogP) is 0.998. The molecule has 92 valence electrons. The van der Waals surface area contributed by atoms with Gasteiger partial charge in [-0.25, -0.2) is 4.39 Å². The molecule has 0 radical (unpaired) electrons. The zero-order chi connectivity index (χ0) is 13.0. The number of nitro groups is 1. The fourth-order valence-corrected chi connectivity index (χ4v) is 0.949. The van der Waals surface area contributed by atoms with Gasteiger partial charge in [-0.05, 0) is 0 Å². The summed E-state index contributed by atoms with van der Waals surface area (Å²) < 4.78 is 30.9. The highest BCUT2D eigenvalue weighted by atomic mass is 19.1. The topological polar surface area (TPSA) is 111 Å². The average molecular weight is 247 g/mol. The predicted molar refractivity (Wildman–Crippen MR) is 51.9 cm³/mol. The van der Waals surface area contributed by atoms with Gasteiger partial charge in [-0.1, -0.05) is 5.16 Å². The highest BCUT2D eigenvalue weighted by Crippen LogP contribution is 2.26. The molecular weight excluding hydrogens is 240 g/mol. The maximum atomic E-state index is 13.2. The largest absolute Gasteiger partial charge is 0.482 e. The summed E-state index contributed by atoms with van der Waals surface area (Å²) in [5.74, 6) is -3.29. The van der Waals surface area contributed by atoms with Crippen LogP contribution in [-0.4, -0.2) is 22.6 Å². The molecule has 9 heteroatoms. The molecule has 0 aliphatic heterocycles. The van der Waals surface area contributed by atoms with Crippen LogP contribution in [0.1, 0.15) is 0 Å². The van der Waals surface area contributed by atoms with Crippen molar-refractivity contribution < 1.29 is 23.6 Å². The first-order valence-corrected chi connectivity index (χ1v) is 4.18. The van der Waals surface area contributed by atoms with Crippen LogP contribution in [0.3, 0.4) is 0 Å². The lowest BCUT2D eigenvalue weighted by Crippen LogP contribution is -2.21. The van der Waals surface area contributed by atoms with Crippen molar-refractivity contribution in [3.05, 3.63) is 33.9 Å². The van der Waals surface area contributed by atoms with Crippen LogP contribution in [0.4, 0.5) is 14.5 Å². The Hall–Kier alpha value is -2.45. The molecule has 7 nitrogen and oxygen atoms in total. The molecule has 3 N–H and O–H groups in total. The Bertz CT molecular complexity index is 478. The number of hydrogen-bond acceptors (Lipinski definition) is 5. The van der Waals surface area contributed by atoms with E-state index in [0.717, 1.165) is 0 Å². The fraction of sp³-hybridized carbons (Fsp3) is 0.125. The molecule has 0 heterocycles. The van der Waals surface area contributed by atoms with E-state index in [4.69, 9.17) is 10.9 Å². The number of benzene rings is 1. The zero-order valence-corrected chi connectivity index (χ0v) is 8.26. The van der Waals surface area contributed by atoms with Gasteiger partial charge < -0.3 is 15.7 Å². The van der Waals surface area contributed by atoms with Gasteiger partial charge in [0.15, 0.2) is 17.4 Å². The van der Waals surface area contributed by atoms with Crippen molar-refractivity contribution in [1.82, 2.24) is 0 Å². The van der Waals surface area contributed by atoms with Gasteiger partial charge in [-0.3, -0.25) is 10.1 Å². The highest BCUT2D eigenvalue weighted by molar-refractivity contribution is 5.81. The lowest BCUT2D eigenvalue weighted by molar-refractivity contribution is -0.387. The second-order valence-corrected chi connectivity index (χ2v) is 2.87. The summed E-state index contributed by atoms with van der Waals surface area (Å²) in [6.07, 6.45) is 0. The molecule has 0 bridgehead atoms. The van der Waals surface area contributed by atoms with Crippen molar-refractivity contribution in [3.8, 4) is 5.75 Å². The van der Waals surface area contributed by atoms with E-state index in [2.05, 4.69) is 9.89 Å². The third-order valence-corrected chi connectivity index (χ3v) is 1.70. The number of hydrogen-bond donors (Lipinski definition) is 2. The normalized spacial score (nSPS) is 11.3. The smallest absolute Gasteiger partial charge is 0.307 e. The molecular formula is C8H7F2N3O4. The first kappa shape index (κ1) is 12.6. The molecule has 0 fully saturated rings. The van der Waals surface area contributed by atoms with Crippen molar-refractivity contribution >= 4 is 11.5 Å². The molecule has 1 rings (SSSR count). The summed E-state index contributed by atoms with van der Waals surface area (Å²) in [4.78, 5) is 9.22. The van der Waals surface area contributed by atoms with Crippen LogP contribution in [0.25, 0.3) is 0 Å². The number of nitrogens with zero attached hydrogens (tertiary/aromatic N) is 2. The Labute approximate surface area is 93.2 Å². The SMILES string of the molecule is NC(COc1cc(F)c([N+](=O)[O-])cc1F)=NO. The molecule has 1 aromatic rings. The minimum atomic E-state index is -1.24. The minimum Gasteiger partial charge on any atom is -0.482 e. The molecule has 0 unspecified atom stereocenters. The number of nitrogens with two attached hydrogens (primary N) is 1. The standard InChI is InChI=1S/C8H7F2N3O4/c9-4-2-7(17-3-8(11)12-14)5(10)1-6(4)13(15)16/h1-2,14H,3H2,(H2,11,12). The van der Waals surface area contributed by atoms with E-state index in [9.17, 15) is 18.9 Å². The van der Waals surface area contributed by atoms with E-state index >= 15 is 0 Å². The Balaban J connectivity index is 2.96. The third-order valence-electron chi connectivity index (χ3n) is 1.70. The molecule has 17 heavy (non-hydrogen) atoms. The molecule has 0 atom stereocenters. The van der Waals surface area contributed by atoms with Gasteiger partial charge in [0.25, 0.3) is 0 Å². The van der Waals surface area contributed by atoms with Gasteiger partial charge in [0.2, 0.25) is 5.82 Å². The van der Waals surface area contributed by atoms with E-state index in [1.165, 1.54) is 0 Å². The van der Waals surface area contributed by atoms with E-state index in [1.807, 2.05) is 0 Å². The first-order valence-electron chi connectivity index (χ1n) is 4.18. The summed E-state index contributed by atoms with van der Waals surface area (Å²) in [7, 11) is 0. The van der Waals surface area contributed by atoms with E-state index in [0.29, 0.717) is 12.1 Å². The summed E-state index contributed by atoms with van der Waals surface area (Å²) in [5, 5.41) is 21.0. The van der Waals surface area contributed by atoms with Crippen LogP contribution in [0.2, 0.25) is 0 Å². The maximum absolute atomic E-state index is 13.2. The third kappa shape index (κ3) is 3.00. The van der Waals surface area contributed by atoms with Crippen molar-refractivity contribution in [2.24, 2.45) is 10.9 Å². The molecule has 0 aromatic heterocycles. The lowest BCUT2D eigenvalue weighted by atomic mass is 10.3. The second kappa shape index (κ2) is 5.05. The zero-order valence-electron chi connectivity index (χ0n) is 8.26. The number of oxime groups is 1.